The lowest BCUT2D eigenvalue weighted by molar-refractivity contribution is -0.132. The van der Waals surface area contributed by atoms with Crippen LogP contribution in [0.3, 0.4) is 0 Å². The molecule has 2 nitrogen and oxygen atoms in total. The summed E-state index contributed by atoms with van der Waals surface area (Å²) in [6, 6.07) is 0. The van der Waals surface area contributed by atoms with Gasteiger partial charge in [0, 0.05) is 5.57 Å². The van der Waals surface area contributed by atoms with E-state index in [9.17, 15) is 4.79 Å². The van der Waals surface area contributed by atoms with E-state index in [-0.39, 0.29) is 0 Å². The molecule has 3 heteroatoms. The molecule has 1 N–H and O–H groups in total. The lowest BCUT2D eigenvalue weighted by atomic mass is 10.2. The van der Waals surface area contributed by atoms with E-state index in [0.29, 0.717) is 5.57 Å². The van der Waals surface area contributed by atoms with Gasteiger partial charge < -0.3 is 5.11 Å². The first-order valence-electron chi connectivity index (χ1n) is 2.76. The molecule has 0 aliphatic rings. The highest BCUT2D eigenvalue weighted by atomic mass is 127. The number of carbonyl (C=O) groups is 1. The molecule has 0 radical (unpaired) electrons. The van der Waals surface area contributed by atoms with Crippen molar-refractivity contribution < 1.29 is 9.90 Å². The SMILES string of the molecule is CC(=C\I)/C=C(\C)C(=O)O. The predicted octanol–water partition coefficient (Wildman–Crippen LogP) is 2.36. The summed E-state index contributed by atoms with van der Waals surface area (Å²) in [7, 11) is 0. The van der Waals surface area contributed by atoms with Crippen molar-refractivity contribution in [2.45, 2.75) is 13.8 Å². The second-order valence-corrected chi connectivity index (χ2v) is 2.61. The van der Waals surface area contributed by atoms with Gasteiger partial charge >= 0.3 is 5.97 Å². The third-order valence-electron chi connectivity index (χ3n) is 0.954. The van der Waals surface area contributed by atoms with Crippen molar-refractivity contribution in [2.24, 2.45) is 0 Å². The van der Waals surface area contributed by atoms with Crippen molar-refractivity contribution >= 4 is 28.6 Å². The number of hydrogen-bond donors (Lipinski definition) is 1. The lowest BCUT2D eigenvalue weighted by Gasteiger charge is -1.91. The van der Waals surface area contributed by atoms with Crippen LogP contribution in [0, 0.1) is 0 Å². The van der Waals surface area contributed by atoms with Gasteiger partial charge in [-0.1, -0.05) is 22.6 Å². The van der Waals surface area contributed by atoms with Crippen LogP contribution in [0.5, 0.6) is 0 Å². The molecule has 0 spiro atoms. The largest absolute Gasteiger partial charge is 0.478 e. The van der Waals surface area contributed by atoms with Gasteiger partial charge in [-0.2, -0.15) is 0 Å². The van der Waals surface area contributed by atoms with Gasteiger partial charge in [0.25, 0.3) is 0 Å². The van der Waals surface area contributed by atoms with Crippen molar-refractivity contribution in [3.63, 3.8) is 0 Å². The predicted molar refractivity (Wildman–Crippen MR) is 49.2 cm³/mol. The zero-order valence-corrected chi connectivity index (χ0v) is 8.05. The first-order valence-corrected chi connectivity index (χ1v) is 4.01. The van der Waals surface area contributed by atoms with Crippen LogP contribution in [-0.4, -0.2) is 11.1 Å². The standard InChI is InChI=1S/C7H9IO2/c1-5(4-8)3-6(2)7(9)10/h3-4H,1-2H3,(H,9,10)/b5-4+,6-3+. The number of hydrogen-bond acceptors (Lipinski definition) is 1. The van der Waals surface area contributed by atoms with Gasteiger partial charge in [-0.15, -0.1) is 0 Å². The van der Waals surface area contributed by atoms with Crippen molar-refractivity contribution in [3.05, 3.63) is 21.3 Å². The van der Waals surface area contributed by atoms with E-state index in [0.717, 1.165) is 5.57 Å². The maximum Gasteiger partial charge on any atom is 0.331 e. The summed E-state index contributed by atoms with van der Waals surface area (Å²) in [6.07, 6.45) is 1.63. The molecule has 0 bridgehead atoms. The Morgan fingerprint density at radius 2 is 2.00 bits per heavy atom. The van der Waals surface area contributed by atoms with Crippen LogP contribution >= 0.6 is 22.6 Å². The van der Waals surface area contributed by atoms with Crippen LogP contribution in [0.25, 0.3) is 0 Å². The molecule has 0 aromatic rings. The van der Waals surface area contributed by atoms with Crippen molar-refractivity contribution in [1.29, 1.82) is 0 Å². The molecular formula is C7H9IO2. The molecule has 0 saturated carbocycles. The average Bonchev–Trinajstić information content (AvgIpc) is 1.87. The molecule has 0 amide bonds. The van der Waals surface area contributed by atoms with Crippen LogP contribution in [-0.2, 0) is 4.79 Å². The fourth-order valence-electron chi connectivity index (χ4n) is 0.435. The molecule has 0 fully saturated rings. The maximum atomic E-state index is 10.3. The summed E-state index contributed by atoms with van der Waals surface area (Å²) < 4.78 is 1.84. The van der Waals surface area contributed by atoms with Crippen molar-refractivity contribution in [2.75, 3.05) is 0 Å². The first kappa shape index (κ1) is 9.68. The van der Waals surface area contributed by atoms with Crippen LogP contribution in [0.1, 0.15) is 13.8 Å². The zero-order valence-electron chi connectivity index (χ0n) is 5.89. The Hall–Kier alpha value is -0.320. The lowest BCUT2D eigenvalue weighted by Crippen LogP contribution is -1.95. The summed E-state index contributed by atoms with van der Waals surface area (Å²) >= 11 is 2.07. The Morgan fingerprint density at radius 1 is 1.50 bits per heavy atom. The second-order valence-electron chi connectivity index (χ2n) is 1.99. The number of allylic oxidation sites excluding steroid dienone is 2. The Labute approximate surface area is 73.8 Å². The summed E-state index contributed by atoms with van der Waals surface area (Å²) in [4.78, 5) is 10.3. The van der Waals surface area contributed by atoms with Gasteiger partial charge in [0.2, 0.25) is 0 Å². The fraction of sp³-hybridized carbons (Fsp3) is 0.286. The monoisotopic (exact) mass is 252 g/mol. The Kier molecular flexibility index (Phi) is 4.34. The molecule has 0 saturated heterocycles. The van der Waals surface area contributed by atoms with Crippen molar-refractivity contribution in [3.8, 4) is 0 Å². The van der Waals surface area contributed by atoms with Crippen molar-refractivity contribution in [1.82, 2.24) is 0 Å². The summed E-state index contributed by atoms with van der Waals surface area (Å²) in [5.41, 5.74) is 1.32. The number of carboxylic acids is 1. The van der Waals surface area contributed by atoms with Gasteiger partial charge in [-0.25, -0.2) is 4.79 Å². The fourth-order valence-corrected chi connectivity index (χ4v) is 0.615. The maximum absolute atomic E-state index is 10.3. The molecule has 10 heavy (non-hydrogen) atoms. The Balaban J connectivity index is 4.31. The first-order chi connectivity index (χ1) is 4.57. The van der Waals surface area contributed by atoms with E-state index in [2.05, 4.69) is 22.6 Å². The second kappa shape index (κ2) is 4.49. The smallest absolute Gasteiger partial charge is 0.331 e. The molecule has 0 heterocycles. The Bertz CT molecular complexity index is 192. The molecule has 0 rings (SSSR count). The van der Waals surface area contributed by atoms with Gasteiger partial charge in [0.1, 0.15) is 0 Å². The molecule has 0 aromatic heterocycles. The van der Waals surface area contributed by atoms with Gasteiger partial charge in [-0.3, -0.25) is 0 Å². The molecule has 0 aliphatic carbocycles. The summed E-state index contributed by atoms with van der Waals surface area (Å²) in [6.45, 7) is 3.44. The molecule has 0 atom stereocenters. The van der Waals surface area contributed by atoms with Crippen LogP contribution in [0.15, 0.2) is 21.3 Å². The van der Waals surface area contributed by atoms with E-state index >= 15 is 0 Å². The summed E-state index contributed by atoms with van der Waals surface area (Å²) in [5, 5.41) is 8.43. The van der Waals surface area contributed by atoms with E-state index in [1.807, 2.05) is 11.0 Å². The molecule has 56 valence electrons. The Morgan fingerprint density at radius 3 is 2.30 bits per heavy atom. The minimum absolute atomic E-state index is 0.366. The van der Waals surface area contributed by atoms with E-state index in [1.165, 1.54) is 0 Å². The van der Waals surface area contributed by atoms with E-state index in [1.54, 1.807) is 13.0 Å². The number of halogens is 1. The highest BCUT2D eigenvalue weighted by molar-refractivity contribution is 14.1. The topological polar surface area (TPSA) is 37.3 Å². The van der Waals surface area contributed by atoms with Gasteiger partial charge in [0.05, 0.1) is 0 Å². The van der Waals surface area contributed by atoms with E-state index in [4.69, 9.17) is 5.11 Å². The van der Waals surface area contributed by atoms with Crippen LogP contribution in [0.2, 0.25) is 0 Å². The third-order valence-corrected chi connectivity index (χ3v) is 1.94. The van der Waals surface area contributed by atoms with E-state index < -0.39 is 5.97 Å². The minimum atomic E-state index is -0.863. The number of aliphatic carboxylic acids is 1. The number of rotatable bonds is 2. The van der Waals surface area contributed by atoms with Crippen LogP contribution < -0.4 is 0 Å². The quantitative estimate of drug-likeness (QED) is 0.465. The third kappa shape index (κ3) is 3.66. The van der Waals surface area contributed by atoms with Gasteiger partial charge in [-0.05, 0) is 29.6 Å². The van der Waals surface area contributed by atoms with Crippen LogP contribution in [0.4, 0.5) is 0 Å². The van der Waals surface area contributed by atoms with Gasteiger partial charge in [0.15, 0.2) is 0 Å². The molecule has 0 aromatic carbocycles. The number of carboxylic acid groups (broad SMARTS) is 1. The molecule has 0 unspecified atom stereocenters. The molecular weight excluding hydrogens is 243 g/mol. The molecule has 0 aliphatic heterocycles. The minimum Gasteiger partial charge on any atom is -0.478 e. The average molecular weight is 252 g/mol. The highest BCUT2D eigenvalue weighted by Gasteiger charge is 1.97. The zero-order chi connectivity index (χ0) is 8.15. The normalized spacial score (nSPS) is 13.5. The highest BCUT2D eigenvalue weighted by Crippen LogP contribution is 2.03. The summed E-state index contributed by atoms with van der Waals surface area (Å²) in [5.74, 6) is -0.863.